The maximum Gasteiger partial charge on any atom is 0.255 e. The number of amides is 1. The summed E-state index contributed by atoms with van der Waals surface area (Å²) in [7, 11) is -1.20. The van der Waals surface area contributed by atoms with Crippen LogP contribution in [0.25, 0.3) is 0 Å². The molecule has 2 aromatic carbocycles. The first kappa shape index (κ1) is 20.9. The molecule has 0 aromatic heterocycles. The van der Waals surface area contributed by atoms with Gasteiger partial charge in [-0.25, -0.2) is 13.8 Å². The van der Waals surface area contributed by atoms with Gasteiger partial charge in [0.25, 0.3) is 5.91 Å². The number of hydrogen-bond acceptors (Lipinski definition) is 5. The molecule has 0 unspecified atom stereocenters. The van der Waals surface area contributed by atoms with Crippen LogP contribution < -0.4 is 10.2 Å². The molecular weight excluding hydrogens is 390 g/mol. The number of methoxy groups -OCH3 is 1. The quantitative estimate of drug-likeness (QED) is 0.562. The zero-order chi connectivity index (χ0) is 20.0. The number of aryl methyl sites for hydroxylation is 1. The molecule has 0 aliphatic rings. The maximum absolute atomic E-state index is 12.7. The Morgan fingerprint density at radius 1 is 1.30 bits per heavy atom. The third kappa shape index (κ3) is 5.53. The zero-order valence-corrected chi connectivity index (χ0v) is 16.7. The summed E-state index contributed by atoms with van der Waals surface area (Å²) < 4.78 is 31.6. The number of carbonyl (C=O) groups excluding carboxylic acids is 1. The minimum atomic E-state index is -3.90. The van der Waals surface area contributed by atoms with Crippen LogP contribution in [0.4, 0.5) is 0 Å². The van der Waals surface area contributed by atoms with E-state index in [0.29, 0.717) is 10.6 Å². The van der Waals surface area contributed by atoms with Crippen molar-refractivity contribution in [3.8, 4) is 5.75 Å². The topological polar surface area (TPSA) is 88.1 Å². The summed E-state index contributed by atoms with van der Waals surface area (Å²) in [5.74, 6) is -0.363. The number of ether oxygens (including phenoxy) is 1. The molecule has 2 rings (SSSR count). The van der Waals surface area contributed by atoms with Crippen LogP contribution in [0.3, 0.4) is 0 Å². The lowest BCUT2D eigenvalue weighted by Crippen LogP contribution is -2.36. The second-order valence-electron chi connectivity index (χ2n) is 5.76. The molecule has 0 aliphatic carbocycles. The number of rotatable bonds is 7. The molecule has 27 heavy (non-hydrogen) atoms. The zero-order valence-electron chi connectivity index (χ0n) is 15.1. The Hall–Kier alpha value is -2.42. The molecule has 7 nitrogen and oxygen atoms in total. The first-order chi connectivity index (χ1) is 12.7. The van der Waals surface area contributed by atoms with Gasteiger partial charge in [-0.05, 0) is 42.3 Å². The molecule has 2 aromatic rings. The van der Waals surface area contributed by atoms with Gasteiger partial charge in [0.05, 0.1) is 19.9 Å². The van der Waals surface area contributed by atoms with Gasteiger partial charge in [0, 0.05) is 12.1 Å². The number of sulfonamides is 1. The first-order valence-corrected chi connectivity index (χ1v) is 9.74. The van der Waals surface area contributed by atoms with E-state index in [-0.39, 0.29) is 10.6 Å². The Balaban J connectivity index is 2.06. The summed E-state index contributed by atoms with van der Waals surface area (Å²) in [5, 5.41) is 4.35. The summed E-state index contributed by atoms with van der Waals surface area (Å²) in [5.41, 5.74) is 3.76. The Morgan fingerprint density at radius 2 is 2.04 bits per heavy atom. The lowest BCUT2D eigenvalue weighted by atomic mass is 10.2. The number of nitrogens with zero attached hydrogens (tertiary/aromatic N) is 2. The second-order valence-corrected chi connectivity index (χ2v) is 8.21. The van der Waals surface area contributed by atoms with E-state index >= 15 is 0 Å². The van der Waals surface area contributed by atoms with Gasteiger partial charge in [0.1, 0.15) is 10.6 Å². The monoisotopic (exact) mass is 409 g/mol. The van der Waals surface area contributed by atoms with E-state index in [9.17, 15) is 13.2 Å². The molecule has 0 spiro atoms. The van der Waals surface area contributed by atoms with E-state index in [0.717, 1.165) is 9.87 Å². The molecule has 0 aliphatic heterocycles. The van der Waals surface area contributed by atoms with Gasteiger partial charge in [0.15, 0.2) is 0 Å². The van der Waals surface area contributed by atoms with E-state index in [2.05, 4.69) is 10.5 Å². The van der Waals surface area contributed by atoms with E-state index in [1.165, 1.54) is 26.4 Å². The molecule has 0 saturated heterocycles. The van der Waals surface area contributed by atoms with Crippen LogP contribution in [0.2, 0.25) is 5.02 Å². The first-order valence-electron chi connectivity index (χ1n) is 7.92. The van der Waals surface area contributed by atoms with Gasteiger partial charge in [-0.15, -0.1) is 0 Å². The molecule has 0 bridgehead atoms. The number of hydrogen-bond donors (Lipinski definition) is 1. The van der Waals surface area contributed by atoms with Crippen molar-refractivity contribution in [1.29, 1.82) is 0 Å². The van der Waals surface area contributed by atoms with Crippen molar-refractivity contribution in [3.63, 3.8) is 0 Å². The number of benzene rings is 2. The van der Waals surface area contributed by atoms with Crippen LogP contribution in [0.15, 0.2) is 52.5 Å². The molecule has 1 N–H and O–H groups in total. The highest BCUT2D eigenvalue weighted by Gasteiger charge is 2.26. The van der Waals surface area contributed by atoms with Gasteiger partial charge in [-0.2, -0.15) is 9.41 Å². The van der Waals surface area contributed by atoms with E-state index in [4.69, 9.17) is 16.3 Å². The fourth-order valence-electron chi connectivity index (χ4n) is 2.24. The highest BCUT2D eigenvalue weighted by Crippen LogP contribution is 2.27. The lowest BCUT2D eigenvalue weighted by Gasteiger charge is -2.18. The van der Waals surface area contributed by atoms with Gasteiger partial charge in [-0.1, -0.05) is 29.8 Å². The van der Waals surface area contributed by atoms with Gasteiger partial charge in [-0.3, -0.25) is 4.79 Å². The van der Waals surface area contributed by atoms with Crippen LogP contribution in [-0.2, 0) is 14.8 Å². The maximum atomic E-state index is 12.7. The molecular formula is C18H20ClN3O4S. The van der Waals surface area contributed by atoms with Crippen molar-refractivity contribution in [1.82, 2.24) is 9.73 Å². The summed E-state index contributed by atoms with van der Waals surface area (Å²) >= 11 is 5.87. The minimum absolute atomic E-state index is 0.00253. The van der Waals surface area contributed by atoms with Gasteiger partial charge in [0.2, 0.25) is 10.0 Å². The predicted octanol–water partition coefficient (Wildman–Crippen LogP) is 2.43. The van der Waals surface area contributed by atoms with Crippen molar-refractivity contribution in [2.75, 3.05) is 20.7 Å². The number of hydrazone groups is 1. The third-order valence-corrected chi connectivity index (χ3v) is 5.68. The summed E-state index contributed by atoms with van der Waals surface area (Å²) in [6.07, 6.45) is 1.42. The van der Waals surface area contributed by atoms with E-state index in [1.807, 2.05) is 0 Å². The highest BCUT2D eigenvalue weighted by molar-refractivity contribution is 7.89. The molecule has 0 atom stereocenters. The van der Waals surface area contributed by atoms with Crippen LogP contribution in [0.5, 0.6) is 5.75 Å². The summed E-state index contributed by atoms with van der Waals surface area (Å²) in [4.78, 5) is 12.0. The van der Waals surface area contributed by atoms with E-state index in [1.54, 1.807) is 43.3 Å². The predicted molar refractivity (Wildman–Crippen MR) is 105 cm³/mol. The number of halogens is 1. The lowest BCUT2D eigenvalue weighted by molar-refractivity contribution is -0.121. The number of carbonyl (C=O) groups is 1. The largest absolute Gasteiger partial charge is 0.495 e. The Morgan fingerprint density at radius 3 is 2.70 bits per heavy atom. The van der Waals surface area contributed by atoms with Crippen molar-refractivity contribution < 1.29 is 17.9 Å². The highest BCUT2D eigenvalue weighted by atomic mass is 35.5. The Kier molecular flexibility index (Phi) is 6.95. The number of likely N-dealkylation sites (N-methyl/N-ethyl adjacent to an activating group) is 1. The van der Waals surface area contributed by atoms with Gasteiger partial charge < -0.3 is 4.74 Å². The van der Waals surface area contributed by atoms with Crippen LogP contribution in [0.1, 0.15) is 11.1 Å². The van der Waals surface area contributed by atoms with Crippen LogP contribution in [-0.4, -0.2) is 45.5 Å². The fraction of sp³-hybridized carbons (Fsp3) is 0.222. The molecule has 9 heteroatoms. The van der Waals surface area contributed by atoms with Crippen molar-refractivity contribution in [2.24, 2.45) is 5.10 Å². The van der Waals surface area contributed by atoms with Crippen LogP contribution in [0, 0.1) is 6.92 Å². The standard InChI is InChI=1S/C18H20ClN3O4S/c1-13-7-8-16(26-3)17(9-13)27(24,25)22(2)12-18(23)21-20-11-14-5-4-6-15(19)10-14/h4-11H,12H2,1-3H3,(H,21,23)/b20-11-. The van der Waals surface area contributed by atoms with E-state index < -0.39 is 22.5 Å². The SMILES string of the molecule is COc1ccc(C)cc1S(=O)(=O)N(C)CC(=O)N/N=C\c1cccc(Cl)c1. The molecule has 0 radical (unpaired) electrons. The Bertz CT molecular complexity index is 961. The average molecular weight is 410 g/mol. The summed E-state index contributed by atoms with van der Waals surface area (Å²) in [6.45, 7) is 1.38. The molecule has 0 saturated carbocycles. The molecule has 0 fully saturated rings. The smallest absolute Gasteiger partial charge is 0.255 e. The average Bonchev–Trinajstić information content (AvgIpc) is 2.61. The molecule has 1 amide bonds. The van der Waals surface area contributed by atoms with Crippen molar-refractivity contribution >= 4 is 33.7 Å². The van der Waals surface area contributed by atoms with Gasteiger partial charge >= 0.3 is 0 Å². The summed E-state index contributed by atoms with van der Waals surface area (Å²) in [6, 6.07) is 11.7. The Labute approximate surface area is 163 Å². The fourth-order valence-corrected chi connectivity index (χ4v) is 3.80. The second kappa shape index (κ2) is 8.98. The number of nitrogens with one attached hydrogen (secondary N) is 1. The molecule has 0 heterocycles. The minimum Gasteiger partial charge on any atom is -0.495 e. The normalized spacial score (nSPS) is 11.7. The molecule has 144 valence electrons. The third-order valence-electron chi connectivity index (χ3n) is 3.63. The van der Waals surface area contributed by atoms with Crippen LogP contribution >= 0.6 is 11.6 Å². The van der Waals surface area contributed by atoms with Crippen molar-refractivity contribution in [2.45, 2.75) is 11.8 Å². The van der Waals surface area contributed by atoms with Crippen molar-refractivity contribution in [3.05, 3.63) is 58.6 Å².